The van der Waals surface area contributed by atoms with Crippen LogP contribution in [0.15, 0.2) is 71.7 Å². The highest BCUT2D eigenvalue weighted by Gasteiger charge is 2.50. The number of benzene rings is 3. The van der Waals surface area contributed by atoms with Crippen molar-refractivity contribution in [2.75, 3.05) is 46.5 Å². The Hall–Kier alpha value is -7.99. The molecule has 0 spiro atoms. The van der Waals surface area contributed by atoms with Crippen molar-refractivity contribution in [3.05, 3.63) is 77.9 Å². The van der Waals surface area contributed by atoms with Crippen LogP contribution in [0.3, 0.4) is 0 Å². The number of aliphatic imine (C=N–C) groups is 1. The van der Waals surface area contributed by atoms with E-state index < -0.39 is 181 Å². The zero-order valence-corrected chi connectivity index (χ0v) is 53.2. The van der Waals surface area contributed by atoms with Crippen molar-refractivity contribution < 1.29 is 95.9 Å². The zero-order chi connectivity index (χ0) is 67.8. The Balaban J connectivity index is 1.17. The van der Waals surface area contributed by atoms with Crippen molar-refractivity contribution in [1.29, 1.82) is 0 Å². The van der Waals surface area contributed by atoms with Gasteiger partial charge >= 0.3 is 10.4 Å². The number of nitrogens with two attached hydrogens (primary N) is 1. The number of fused-ring (bicyclic) bond motifs is 2. The standard InChI is InChI=1S/C60H81N11O20S2/c1-31-29-71-50(51(31)78)56(83)63-28-38(73)26-41(64-52(79)35-11-13-36(14-12-35)57-68-69-58(92-57)37-15-17-40(18-16-37)90-23-9-7-5-6-8-22-89-4)53(80)65-47(32(2)72)59(84)70-30-39(74)27-42(70)54(81)66-48(55(82)67-49(60(71)85)44(76)20-21-62-33(3)61)45(77)24-34-10-19-43(75)46(25-34)91-93(86,87)88/h10-19,25,31-32,38-39,41-42,44-45,47-51,72-78H,5-9,20-24,26-30H2,1-4H3,(H2,61,62)(H,63,83)(H,64,79)(H,65,80)(H,66,81)(H,67,82)(H,86,87,88)/t31-,32+,38+,39+,41?,42?,44-,45+,47-,48-,49?,50?,51-/m0/s1. The average Bonchev–Trinajstić information content (AvgIpc) is 1.70. The monoisotopic (exact) mass is 1340 g/mol. The van der Waals surface area contributed by atoms with Crippen molar-refractivity contribution in [3.8, 4) is 38.4 Å². The third-order valence-electron chi connectivity index (χ3n) is 15.9. The number of amides is 7. The number of aliphatic hydroxyl groups is 6. The smallest absolute Gasteiger partial charge is 0.446 e. The molecular formula is C60H81N11O20S2. The van der Waals surface area contributed by atoms with Gasteiger partial charge in [0.1, 0.15) is 52.0 Å². The second-order valence-corrected chi connectivity index (χ2v) is 25.2. The largest absolute Gasteiger partial charge is 0.504 e. The molecule has 7 rings (SSSR count). The van der Waals surface area contributed by atoms with E-state index in [0.717, 1.165) is 79.2 Å². The van der Waals surface area contributed by atoms with Gasteiger partial charge in [0, 0.05) is 81.8 Å². The Morgan fingerprint density at radius 2 is 1.39 bits per heavy atom. The number of β-amino-alcohol motifs (C(OH)–C–C–N with tert-alkyl or cyclic N) is 1. The van der Waals surface area contributed by atoms with Gasteiger partial charge in [-0.05, 0) is 87.2 Å². The van der Waals surface area contributed by atoms with Gasteiger partial charge in [-0.1, -0.05) is 55.7 Å². The number of unbranched alkanes of at least 4 members (excludes halogenated alkanes) is 4. The summed E-state index contributed by atoms with van der Waals surface area (Å²) >= 11 is 1.29. The Morgan fingerprint density at radius 1 is 0.774 bits per heavy atom. The van der Waals surface area contributed by atoms with Crippen LogP contribution in [0.25, 0.3) is 21.1 Å². The van der Waals surface area contributed by atoms with Gasteiger partial charge in [0.15, 0.2) is 11.5 Å². The molecule has 15 N–H and O–H groups in total. The molecule has 0 bridgehead atoms. The molecule has 4 aromatic rings. The molecule has 33 heteroatoms. The molecule has 0 radical (unpaired) electrons. The van der Waals surface area contributed by atoms with Gasteiger partial charge in [0.25, 0.3) is 5.91 Å². The van der Waals surface area contributed by atoms with Gasteiger partial charge in [0.05, 0.1) is 49.1 Å². The summed E-state index contributed by atoms with van der Waals surface area (Å²) < 4.78 is 48.0. The minimum Gasteiger partial charge on any atom is -0.504 e. The van der Waals surface area contributed by atoms with E-state index in [4.69, 9.17) is 15.2 Å². The van der Waals surface area contributed by atoms with Crippen LogP contribution in [-0.4, -0.2) is 235 Å². The van der Waals surface area contributed by atoms with Crippen molar-refractivity contribution in [2.24, 2.45) is 16.6 Å². The highest BCUT2D eigenvalue weighted by molar-refractivity contribution is 7.81. The SMILES string of the molecule is COCCCCCCCOc1ccc(-c2nnc(-c3ccc(C(=O)NC4C[C@@H](O)CNC(=O)C5[C@@H](O)[C@@H](C)CN5C(=O)C([C@@H](O)CCN=C(C)N)NC(=O)[C@H]([C@H](O)Cc5ccc(O)c(OS(=O)(=O)O)c5)NC(=O)C5C[C@@H](O)CN5C(=O)[C@H]([C@@H](C)O)NC4=O)cc3)s2)cc1. The Morgan fingerprint density at radius 3 is 2.02 bits per heavy atom. The van der Waals surface area contributed by atoms with Gasteiger partial charge in [-0.2, -0.15) is 8.42 Å². The number of ether oxygens (including phenoxy) is 2. The second-order valence-electron chi connectivity index (χ2n) is 23.2. The summed E-state index contributed by atoms with van der Waals surface area (Å²) in [6.45, 7) is 3.46. The van der Waals surface area contributed by atoms with Crippen LogP contribution in [0, 0.1) is 5.92 Å². The summed E-state index contributed by atoms with van der Waals surface area (Å²) in [5.74, 6) is -9.81. The molecule has 0 saturated carbocycles. The number of hydrogen-bond donors (Lipinski definition) is 14. The third-order valence-corrected chi connectivity index (χ3v) is 17.3. The van der Waals surface area contributed by atoms with E-state index in [1.165, 1.54) is 37.3 Å². The number of phenolic OH excluding ortho intramolecular Hbond substituents is 1. The van der Waals surface area contributed by atoms with Crippen molar-refractivity contribution in [1.82, 2.24) is 46.6 Å². The molecule has 93 heavy (non-hydrogen) atoms. The molecule has 4 unspecified atom stereocenters. The fourth-order valence-corrected chi connectivity index (χ4v) is 12.1. The molecule has 3 aromatic carbocycles. The van der Waals surface area contributed by atoms with Crippen LogP contribution in [0.2, 0.25) is 0 Å². The molecule has 0 aliphatic carbocycles. The summed E-state index contributed by atoms with van der Waals surface area (Å²) in [4.78, 5) is 107. The van der Waals surface area contributed by atoms with E-state index in [-0.39, 0.29) is 30.1 Å². The number of amidine groups is 1. The maximum absolute atomic E-state index is 14.9. The third kappa shape index (κ3) is 20.0. The number of phenols is 1. The number of aliphatic hydroxyl groups excluding tert-OH is 6. The summed E-state index contributed by atoms with van der Waals surface area (Å²) in [5.41, 5.74) is 6.99. The number of methoxy groups -OCH3 is 1. The first-order valence-electron chi connectivity index (χ1n) is 30.2. The fourth-order valence-electron chi connectivity index (χ4n) is 10.9. The Labute approximate surface area is 540 Å². The molecular weight excluding hydrogens is 1260 g/mol. The van der Waals surface area contributed by atoms with Crippen molar-refractivity contribution in [2.45, 2.75) is 151 Å². The lowest BCUT2D eigenvalue weighted by molar-refractivity contribution is -0.147. The lowest BCUT2D eigenvalue weighted by atomic mass is 9.98. The molecule has 3 saturated heterocycles. The highest BCUT2D eigenvalue weighted by Crippen LogP contribution is 2.33. The van der Waals surface area contributed by atoms with Gasteiger partial charge in [-0.25, -0.2) is 0 Å². The fraction of sp³-hybridized carbons (Fsp3) is 0.533. The first-order valence-corrected chi connectivity index (χ1v) is 32.4. The Bertz CT molecular complexity index is 3390. The average molecular weight is 1340 g/mol. The minimum atomic E-state index is -5.23. The summed E-state index contributed by atoms with van der Waals surface area (Å²) in [6.07, 6.45) is -7.74. The number of carbonyl (C=O) groups excluding carboxylic acids is 7. The topological polar surface area (TPSA) is 474 Å². The number of carbonyl (C=O) groups is 7. The van der Waals surface area contributed by atoms with Crippen LogP contribution in [0.4, 0.5) is 0 Å². The summed E-state index contributed by atoms with van der Waals surface area (Å²) in [5, 5.41) is 101. The van der Waals surface area contributed by atoms with E-state index in [1.807, 2.05) is 24.3 Å². The van der Waals surface area contributed by atoms with Gasteiger partial charge in [-0.3, -0.25) is 43.1 Å². The number of nitrogens with one attached hydrogen (secondary N) is 5. The summed E-state index contributed by atoms with van der Waals surface area (Å²) in [6, 6.07) is 4.83. The maximum atomic E-state index is 14.9. The second kappa shape index (κ2) is 33.2. The molecule has 13 atom stereocenters. The van der Waals surface area contributed by atoms with Crippen LogP contribution in [0.1, 0.15) is 88.1 Å². The first kappa shape index (κ1) is 72.4. The van der Waals surface area contributed by atoms with Crippen molar-refractivity contribution in [3.63, 3.8) is 0 Å². The molecule has 1 aromatic heterocycles. The van der Waals surface area contributed by atoms with Crippen LogP contribution < -0.4 is 41.2 Å². The zero-order valence-electron chi connectivity index (χ0n) is 51.6. The molecule has 3 aliphatic rings. The number of rotatable bonds is 23. The number of aromatic hydroxyl groups is 1. The van der Waals surface area contributed by atoms with Crippen LogP contribution in [0.5, 0.6) is 17.2 Å². The van der Waals surface area contributed by atoms with E-state index >= 15 is 0 Å². The lowest BCUT2D eigenvalue weighted by Gasteiger charge is -2.34. The maximum Gasteiger partial charge on any atom is 0.446 e. The molecule has 3 fully saturated rings. The van der Waals surface area contributed by atoms with E-state index in [2.05, 4.69) is 46.0 Å². The molecule has 508 valence electrons. The lowest BCUT2D eigenvalue weighted by Crippen LogP contribution is -2.64. The Kier molecular flexibility index (Phi) is 25.9. The number of hydrogen-bond acceptors (Lipinski definition) is 23. The van der Waals surface area contributed by atoms with Gasteiger partial charge in [0.2, 0.25) is 35.4 Å². The normalized spacial score (nSPS) is 24.9. The molecule has 4 heterocycles. The predicted molar refractivity (Wildman–Crippen MR) is 333 cm³/mol. The predicted octanol–water partition coefficient (Wildman–Crippen LogP) is -1.55. The number of aromatic nitrogens is 2. The highest BCUT2D eigenvalue weighted by atomic mass is 32.3. The molecule has 31 nitrogen and oxygen atoms in total. The quantitative estimate of drug-likeness (QED) is 0.0173. The van der Waals surface area contributed by atoms with Crippen LogP contribution >= 0.6 is 11.3 Å². The number of nitrogens with zero attached hydrogens (tertiary/aromatic N) is 5. The minimum absolute atomic E-state index is 0.00121. The van der Waals surface area contributed by atoms with Gasteiger partial charge in [-0.15, -0.1) is 10.2 Å². The molecule has 3 aliphatic heterocycles. The van der Waals surface area contributed by atoms with Gasteiger partial charge < -0.3 is 91.5 Å². The van der Waals surface area contributed by atoms with E-state index in [1.54, 1.807) is 19.2 Å². The van der Waals surface area contributed by atoms with Crippen LogP contribution in [-0.2, 0) is 50.3 Å². The van der Waals surface area contributed by atoms with Crippen molar-refractivity contribution >= 4 is 68.9 Å². The summed E-state index contributed by atoms with van der Waals surface area (Å²) in [7, 11) is -3.53. The molecule has 7 amide bonds. The first-order chi connectivity index (χ1) is 44.1. The van der Waals surface area contributed by atoms with E-state index in [9.17, 15) is 82.3 Å². The van der Waals surface area contributed by atoms with E-state index in [0.29, 0.717) is 27.9 Å².